The van der Waals surface area contributed by atoms with Gasteiger partial charge in [0.25, 0.3) is 0 Å². The molecule has 1 aromatic carbocycles. The van der Waals surface area contributed by atoms with Gasteiger partial charge >= 0.3 is 0 Å². The zero-order chi connectivity index (χ0) is 16.0. The quantitative estimate of drug-likeness (QED) is 0.771. The number of hydrogen-bond donors (Lipinski definition) is 1. The first-order chi connectivity index (χ1) is 9.88. The molecule has 0 radical (unpaired) electrons. The van der Waals surface area contributed by atoms with Crippen molar-refractivity contribution in [2.24, 2.45) is 11.7 Å². The zero-order valence-electron chi connectivity index (χ0n) is 14.2. The van der Waals surface area contributed by atoms with Crippen LogP contribution < -0.4 is 10.6 Å². The molecule has 0 saturated heterocycles. The van der Waals surface area contributed by atoms with Crippen molar-refractivity contribution >= 4 is 5.69 Å². The Morgan fingerprint density at radius 3 is 2.24 bits per heavy atom. The van der Waals surface area contributed by atoms with Crippen LogP contribution in [-0.4, -0.2) is 18.6 Å². The van der Waals surface area contributed by atoms with Crippen LogP contribution in [0, 0.1) is 11.7 Å². The van der Waals surface area contributed by atoms with Crippen LogP contribution in [0.2, 0.25) is 0 Å². The summed E-state index contributed by atoms with van der Waals surface area (Å²) in [5.41, 5.74) is 8.12. The molecule has 0 aliphatic carbocycles. The van der Waals surface area contributed by atoms with Gasteiger partial charge in [-0.15, -0.1) is 0 Å². The normalized spacial score (nSPS) is 13.0. The van der Waals surface area contributed by atoms with Crippen molar-refractivity contribution in [1.29, 1.82) is 0 Å². The second-order valence-electron chi connectivity index (χ2n) is 6.47. The highest BCUT2D eigenvalue weighted by atomic mass is 19.1. The third-order valence-electron chi connectivity index (χ3n) is 3.84. The summed E-state index contributed by atoms with van der Waals surface area (Å²) >= 11 is 0. The SMILES string of the molecule is CCC(CC)N(CC(C)C)c1ccc(F)cc1CC(C)N. The second kappa shape index (κ2) is 8.38. The van der Waals surface area contributed by atoms with Crippen molar-refractivity contribution < 1.29 is 4.39 Å². The van der Waals surface area contributed by atoms with Crippen LogP contribution >= 0.6 is 0 Å². The lowest BCUT2D eigenvalue weighted by Gasteiger charge is -2.36. The lowest BCUT2D eigenvalue weighted by molar-refractivity contribution is 0.505. The molecule has 2 nitrogen and oxygen atoms in total. The Morgan fingerprint density at radius 1 is 1.14 bits per heavy atom. The minimum atomic E-state index is -0.177. The minimum absolute atomic E-state index is 0.0353. The fourth-order valence-corrected chi connectivity index (χ4v) is 2.91. The standard InChI is InChI=1S/C18H31FN2/c1-6-17(7-2)21(12-13(3)4)18-9-8-16(19)11-15(18)10-14(5)20/h8-9,11,13-14,17H,6-7,10,12,20H2,1-5H3. The smallest absolute Gasteiger partial charge is 0.123 e. The van der Waals surface area contributed by atoms with Crippen LogP contribution in [-0.2, 0) is 6.42 Å². The molecule has 1 atom stereocenters. The highest BCUT2D eigenvalue weighted by molar-refractivity contribution is 5.55. The number of hydrogen-bond acceptors (Lipinski definition) is 2. The van der Waals surface area contributed by atoms with Gasteiger partial charge in [0.2, 0.25) is 0 Å². The van der Waals surface area contributed by atoms with Gasteiger partial charge in [-0.05, 0) is 55.9 Å². The Hall–Kier alpha value is -1.09. The molecule has 21 heavy (non-hydrogen) atoms. The van der Waals surface area contributed by atoms with E-state index in [4.69, 9.17) is 5.73 Å². The first kappa shape index (κ1) is 18.0. The Labute approximate surface area is 129 Å². The van der Waals surface area contributed by atoms with Crippen LogP contribution in [0.5, 0.6) is 0 Å². The molecule has 0 spiro atoms. The Balaban J connectivity index is 3.21. The van der Waals surface area contributed by atoms with E-state index in [1.807, 2.05) is 13.0 Å². The van der Waals surface area contributed by atoms with Crippen LogP contribution in [0.15, 0.2) is 18.2 Å². The first-order valence-corrected chi connectivity index (χ1v) is 8.19. The molecule has 3 heteroatoms. The summed E-state index contributed by atoms with van der Waals surface area (Å²) in [6.07, 6.45) is 2.90. The van der Waals surface area contributed by atoms with E-state index in [1.54, 1.807) is 12.1 Å². The van der Waals surface area contributed by atoms with Gasteiger partial charge in [-0.1, -0.05) is 27.7 Å². The first-order valence-electron chi connectivity index (χ1n) is 8.19. The Morgan fingerprint density at radius 2 is 1.76 bits per heavy atom. The molecule has 0 saturated carbocycles. The van der Waals surface area contributed by atoms with Crippen LogP contribution in [0.1, 0.15) is 53.0 Å². The van der Waals surface area contributed by atoms with Crippen LogP contribution in [0.25, 0.3) is 0 Å². The number of nitrogens with zero attached hydrogens (tertiary/aromatic N) is 1. The van der Waals surface area contributed by atoms with Gasteiger partial charge in [0.05, 0.1) is 0 Å². The third kappa shape index (κ3) is 5.31. The topological polar surface area (TPSA) is 29.3 Å². The molecule has 0 fully saturated rings. The lowest BCUT2D eigenvalue weighted by Crippen LogP contribution is -2.38. The van der Waals surface area contributed by atoms with Crippen molar-refractivity contribution in [1.82, 2.24) is 0 Å². The molecule has 0 amide bonds. The molecule has 120 valence electrons. The number of anilines is 1. The van der Waals surface area contributed by atoms with Crippen LogP contribution in [0.3, 0.4) is 0 Å². The molecule has 0 bridgehead atoms. The van der Waals surface area contributed by atoms with Gasteiger partial charge in [-0.2, -0.15) is 0 Å². The third-order valence-corrected chi connectivity index (χ3v) is 3.84. The zero-order valence-corrected chi connectivity index (χ0v) is 14.2. The van der Waals surface area contributed by atoms with Crippen molar-refractivity contribution in [3.63, 3.8) is 0 Å². The minimum Gasteiger partial charge on any atom is -0.368 e. The molecule has 0 aliphatic heterocycles. The van der Waals surface area contributed by atoms with Gasteiger partial charge in [0, 0.05) is 24.3 Å². The monoisotopic (exact) mass is 294 g/mol. The van der Waals surface area contributed by atoms with Crippen molar-refractivity contribution in [2.75, 3.05) is 11.4 Å². The molecule has 0 aromatic heterocycles. The number of halogens is 1. The van der Waals surface area contributed by atoms with E-state index in [0.717, 1.165) is 30.6 Å². The molecule has 0 heterocycles. The summed E-state index contributed by atoms with van der Waals surface area (Å²) in [6.45, 7) is 11.9. The largest absolute Gasteiger partial charge is 0.368 e. The fraction of sp³-hybridized carbons (Fsp3) is 0.667. The molecule has 1 aromatic rings. The number of rotatable bonds is 8. The van der Waals surface area contributed by atoms with E-state index in [9.17, 15) is 4.39 Å². The van der Waals surface area contributed by atoms with E-state index < -0.39 is 0 Å². The predicted molar refractivity (Wildman–Crippen MR) is 90.3 cm³/mol. The average molecular weight is 294 g/mol. The Bertz CT molecular complexity index is 425. The predicted octanol–water partition coefficient (Wildman–Crippen LogP) is 4.37. The van der Waals surface area contributed by atoms with Crippen molar-refractivity contribution in [3.8, 4) is 0 Å². The fourth-order valence-electron chi connectivity index (χ4n) is 2.91. The van der Waals surface area contributed by atoms with Gasteiger partial charge < -0.3 is 10.6 Å². The van der Waals surface area contributed by atoms with Gasteiger partial charge in [0.15, 0.2) is 0 Å². The molecule has 1 rings (SSSR count). The maximum absolute atomic E-state index is 13.6. The highest BCUT2D eigenvalue weighted by Crippen LogP contribution is 2.28. The van der Waals surface area contributed by atoms with Gasteiger partial charge in [-0.25, -0.2) is 4.39 Å². The lowest BCUT2D eigenvalue weighted by atomic mass is 10.0. The average Bonchev–Trinajstić information content (AvgIpc) is 2.38. The van der Waals surface area contributed by atoms with E-state index in [2.05, 4.69) is 32.6 Å². The van der Waals surface area contributed by atoms with Gasteiger partial charge in [0.1, 0.15) is 5.82 Å². The number of nitrogens with two attached hydrogens (primary N) is 1. The second-order valence-corrected chi connectivity index (χ2v) is 6.47. The molecule has 1 unspecified atom stereocenters. The van der Waals surface area contributed by atoms with Crippen LogP contribution in [0.4, 0.5) is 10.1 Å². The summed E-state index contributed by atoms with van der Waals surface area (Å²) < 4.78 is 13.6. The Kier molecular flexibility index (Phi) is 7.16. The summed E-state index contributed by atoms with van der Waals surface area (Å²) in [5.74, 6) is 0.391. The summed E-state index contributed by atoms with van der Waals surface area (Å²) in [6, 6.07) is 5.66. The highest BCUT2D eigenvalue weighted by Gasteiger charge is 2.20. The molecular weight excluding hydrogens is 263 g/mol. The maximum atomic E-state index is 13.6. The van der Waals surface area contributed by atoms with Gasteiger partial charge in [-0.3, -0.25) is 0 Å². The number of benzene rings is 1. The molecular formula is C18H31FN2. The molecule has 0 aliphatic rings. The maximum Gasteiger partial charge on any atom is 0.123 e. The van der Waals surface area contributed by atoms with E-state index in [-0.39, 0.29) is 11.9 Å². The molecule has 2 N–H and O–H groups in total. The van der Waals surface area contributed by atoms with E-state index in [1.165, 1.54) is 0 Å². The summed E-state index contributed by atoms with van der Waals surface area (Å²) in [5, 5.41) is 0. The van der Waals surface area contributed by atoms with E-state index in [0.29, 0.717) is 18.4 Å². The van der Waals surface area contributed by atoms with Crippen molar-refractivity contribution in [2.45, 2.75) is 66.0 Å². The summed E-state index contributed by atoms with van der Waals surface area (Å²) in [4.78, 5) is 2.45. The van der Waals surface area contributed by atoms with E-state index >= 15 is 0 Å². The summed E-state index contributed by atoms with van der Waals surface area (Å²) in [7, 11) is 0. The van der Waals surface area contributed by atoms with Crippen molar-refractivity contribution in [3.05, 3.63) is 29.6 Å².